The first-order valence-corrected chi connectivity index (χ1v) is 12.0. The lowest BCUT2D eigenvalue weighted by atomic mass is 10.00. The van der Waals surface area contributed by atoms with Crippen LogP contribution in [0.15, 0.2) is 29.3 Å². The van der Waals surface area contributed by atoms with E-state index in [1.807, 2.05) is 4.68 Å². The summed E-state index contributed by atoms with van der Waals surface area (Å²) < 4.78 is 2.03. The van der Waals surface area contributed by atoms with Gasteiger partial charge in [0.25, 0.3) is 0 Å². The third-order valence-electron chi connectivity index (χ3n) is 6.21. The minimum atomic E-state index is -0.488. The second-order valence-electron chi connectivity index (χ2n) is 9.23. The van der Waals surface area contributed by atoms with Crippen molar-refractivity contribution in [2.24, 2.45) is 4.99 Å². The zero-order valence-electron chi connectivity index (χ0n) is 20.0. The fourth-order valence-electron chi connectivity index (χ4n) is 4.47. The predicted octanol–water partition coefficient (Wildman–Crippen LogP) is 2.31. The Hall–Kier alpha value is -1.72. The Morgan fingerprint density at radius 1 is 1.24 bits per heavy atom. The van der Waals surface area contributed by atoms with Gasteiger partial charge in [0.2, 0.25) is 0 Å². The number of halogens is 1. The molecular formula is C24H38IN7O. The number of hydrogen-bond acceptors (Lipinski definition) is 5. The number of nitrogens with zero attached hydrogens (tertiary/aromatic N) is 5. The number of aliphatic imine (C=N–C) groups is 1. The van der Waals surface area contributed by atoms with Crippen LogP contribution < -0.4 is 10.6 Å². The zero-order chi connectivity index (χ0) is 22.5. The van der Waals surface area contributed by atoms with Gasteiger partial charge in [-0.15, -0.1) is 24.0 Å². The van der Waals surface area contributed by atoms with Crippen molar-refractivity contribution < 1.29 is 5.11 Å². The van der Waals surface area contributed by atoms with E-state index in [0.717, 1.165) is 63.0 Å². The number of guanidine groups is 1. The number of aryl methyl sites for hydroxylation is 1. The molecule has 2 aliphatic heterocycles. The lowest BCUT2D eigenvalue weighted by Gasteiger charge is -2.30. The lowest BCUT2D eigenvalue weighted by Crippen LogP contribution is -2.47. The molecule has 0 fully saturated rings. The SMILES string of the molecule is CCNC(=NCC(O)CN1CCc2ccccc2C1)NC1CCc2nc(C(C)C)nn2C1.I. The number of rotatable bonds is 7. The number of β-amino-alcohol motifs (C(OH)–C–C–N with tert-alkyl or cyclic N) is 1. The highest BCUT2D eigenvalue weighted by Crippen LogP contribution is 2.19. The van der Waals surface area contributed by atoms with E-state index in [0.29, 0.717) is 19.0 Å². The van der Waals surface area contributed by atoms with Crippen LogP contribution in [-0.2, 0) is 25.9 Å². The van der Waals surface area contributed by atoms with E-state index in [9.17, 15) is 5.11 Å². The standard InChI is InChI=1S/C24H37N7O.HI/c1-4-25-24(27-20-9-10-22-28-23(17(2)3)29-31(22)15-20)26-13-21(32)16-30-12-11-18-7-5-6-8-19(18)14-30;/h5-8,17,20-21,32H,4,9-16H2,1-3H3,(H2,25,26,27);1H. The average Bonchev–Trinajstić information content (AvgIpc) is 3.21. The van der Waals surface area contributed by atoms with Gasteiger partial charge in [0.1, 0.15) is 5.82 Å². The second kappa shape index (κ2) is 12.1. The van der Waals surface area contributed by atoms with Gasteiger partial charge in [-0.25, -0.2) is 9.67 Å². The molecule has 182 valence electrons. The lowest BCUT2D eigenvalue weighted by molar-refractivity contribution is 0.111. The number of benzene rings is 1. The summed E-state index contributed by atoms with van der Waals surface area (Å²) in [5, 5.41) is 22.2. The molecule has 3 N–H and O–H groups in total. The molecule has 8 nitrogen and oxygen atoms in total. The number of hydrogen-bond donors (Lipinski definition) is 3. The molecule has 2 atom stereocenters. The zero-order valence-corrected chi connectivity index (χ0v) is 22.3. The van der Waals surface area contributed by atoms with Crippen LogP contribution in [0.5, 0.6) is 0 Å². The van der Waals surface area contributed by atoms with Crippen LogP contribution in [0.25, 0.3) is 0 Å². The highest BCUT2D eigenvalue weighted by atomic mass is 127. The van der Waals surface area contributed by atoms with Crippen LogP contribution in [0.4, 0.5) is 0 Å². The molecule has 3 heterocycles. The van der Waals surface area contributed by atoms with Gasteiger partial charge in [-0.05, 0) is 30.9 Å². The topological polar surface area (TPSA) is 90.6 Å². The van der Waals surface area contributed by atoms with E-state index in [1.54, 1.807) is 0 Å². The Bertz CT molecular complexity index is 929. The first-order valence-electron chi connectivity index (χ1n) is 12.0. The minimum absolute atomic E-state index is 0. The molecule has 0 saturated heterocycles. The van der Waals surface area contributed by atoms with Gasteiger partial charge < -0.3 is 15.7 Å². The summed E-state index contributed by atoms with van der Waals surface area (Å²) in [5.74, 6) is 3.10. The van der Waals surface area contributed by atoms with Gasteiger partial charge in [0, 0.05) is 44.6 Å². The molecule has 1 aromatic carbocycles. The number of aliphatic hydroxyl groups is 1. The van der Waals surface area contributed by atoms with Gasteiger partial charge in [-0.3, -0.25) is 9.89 Å². The fourth-order valence-corrected chi connectivity index (χ4v) is 4.47. The fraction of sp³-hybridized carbons (Fsp3) is 0.625. The maximum atomic E-state index is 10.6. The predicted molar refractivity (Wildman–Crippen MR) is 142 cm³/mol. The van der Waals surface area contributed by atoms with Crippen LogP contribution in [0.3, 0.4) is 0 Å². The van der Waals surface area contributed by atoms with Gasteiger partial charge in [-0.2, -0.15) is 5.10 Å². The number of aliphatic hydroxyl groups excluding tert-OH is 1. The average molecular weight is 568 g/mol. The Kier molecular flexibility index (Phi) is 9.51. The summed E-state index contributed by atoms with van der Waals surface area (Å²) in [5.41, 5.74) is 2.80. The molecule has 1 aromatic heterocycles. The van der Waals surface area contributed by atoms with Crippen LogP contribution in [0, 0.1) is 0 Å². The van der Waals surface area contributed by atoms with Crippen molar-refractivity contribution in [1.82, 2.24) is 30.3 Å². The molecule has 0 radical (unpaired) electrons. The van der Waals surface area contributed by atoms with Gasteiger partial charge in [0.05, 0.1) is 19.2 Å². The maximum absolute atomic E-state index is 10.6. The molecule has 0 amide bonds. The molecule has 2 unspecified atom stereocenters. The molecule has 0 saturated carbocycles. The smallest absolute Gasteiger partial charge is 0.191 e. The normalized spacial score (nSPS) is 19.4. The van der Waals surface area contributed by atoms with Crippen molar-refractivity contribution in [3.8, 4) is 0 Å². The molecule has 33 heavy (non-hydrogen) atoms. The maximum Gasteiger partial charge on any atom is 0.191 e. The van der Waals surface area contributed by atoms with E-state index < -0.39 is 6.10 Å². The number of nitrogens with one attached hydrogen (secondary N) is 2. The minimum Gasteiger partial charge on any atom is -0.390 e. The number of aromatic nitrogens is 3. The van der Waals surface area contributed by atoms with E-state index in [1.165, 1.54) is 11.1 Å². The first-order chi connectivity index (χ1) is 15.5. The van der Waals surface area contributed by atoms with Gasteiger partial charge in [-0.1, -0.05) is 38.1 Å². The summed E-state index contributed by atoms with van der Waals surface area (Å²) in [6, 6.07) is 8.84. The van der Waals surface area contributed by atoms with Gasteiger partial charge in [0.15, 0.2) is 11.8 Å². The van der Waals surface area contributed by atoms with Crippen LogP contribution in [-0.4, -0.2) is 69.1 Å². The Balaban J connectivity index is 0.00000306. The van der Waals surface area contributed by atoms with Crippen LogP contribution in [0.2, 0.25) is 0 Å². The number of fused-ring (bicyclic) bond motifs is 2. The van der Waals surface area contributed by atoms with Gasteiger partial charge >= 0.3 is 0 Å². The third-order valence-corrected chi connectivity index (χ3v) is 6.21. The summed E-state index contributed by atoms with van der Waals surface area (Å²) in [6.45, 7) is 10.8. The quantitative estimate of drug-likeness (QED) is 0.271. The van der Waals surface area contributed by atoms with E-state index in [-0.39, 0.29) is 30.0 Å². The van der Waals surface area contributed by atoms with Crippen molar-refractivity contribution in [1.29, 1.82) is 0 Å². The molecule has 9 heteroatoms. The van der Waals surface area contributed by atoms with Crippen molar-refractivity contribution in [2.45, 2.75) is 71.2 Å². The largest absolute Gasteiger partial charge is 0.390 e. The third kappa shape index (κ3) is 6.89. The first kappa shape index (κ1) is 25.9. The Labute approximate surface area is 214 Å². The molecule has 0 aliphatic carbocycles. The molecular weight excluding hydrogens is 529 g/mol. The molecule has 2 aliphatic rings. The van der Waals surface area contributed by atoms with Crippen molar-refractivity contribution >= 4 is 29.9 Å². The summed E-state index contributed by atoms with van der Waals surface area (Å²) in [7, 11) is 0. The summed E-state index contributed by atoms with van der Waals surface area (Å²) >= 11 is 0. The van der Waals surface area contributed by atoms with E-state index in [4.69, 9.17) is 0 Å². The molecule has 4 rings (SSSR count). The van der Waals surface area contributed by atoms with Crippen LogP contribution >= 0.6 is 24.0 Å². The second-order valence-corrected chi connectivity index (χ2v) is 9.23. The van der Waals surface area contributed by atoms with Crippen molar-refractivity contribution in [2.75, 3.05) is 26.2 Å². The summed E-state index contributed by atoms with van der Waals surface area (Å²) in [6.07, 6.45) is 2.46. The highest BCUT2D eigenvalue weighted by Gasteiger charge is 2.23. The Morgan fingerprint density at radius 2 is 2.03 bits per heavy atom. The van der Waals surface area contributed by atoms with Crippen molar-refractivity contribution in [3.63, 3.8) is 0 Å². The monoisotopic (exact) mass is 567 g/mol. The Morgan fingerprint density at radius 3 is 2.79 bits per heavy atom. The van der Waals surface area contributed by atoms with E-state index in [2.05, 4.69) is 75.6 Å². The van der Waals surface area contributed by atoms with Crippen molar-refractivity contribution in [3.05, 3.63) is 47.0 Å². The highest BCUT2D eigenvalue weighted by molar-refractivity contribution is 14.0. The van der Waals surface area contributed by atoms with E-state index >= 15 is 0 Å². The summed E-state index contributed by atoms with van der Waals surface area (Å²) in [4.78, 5) is 11.7. The molecule has 0 bridgehead atoms. The van der Waals surface area contributed by atoms with Crippen LogP contribution in [0.1, 0.15) is 55.9 Å². The molecule has 0 spiro atoms. The molecule has 2 aromatic rings.